The standard InChI is InChI=1S/C18H22N4O2/c1-13-9-15(21-17-11-19-16(10-20-17)18(23)24)7-8-22(13)12-14-5-3-2-4-6-14/h2-6,10-11,13,15H,7-9,12H2,1H3,(H,20,21)(H,23,24). The molecule has 2 atom stereocenters. The molecular formula is C18H22N4O2. The van der Waals surface area contributed by atoms with Crippen molar-refractivity contribution in [2.24, 2.45) is 0 Å². The molecule has 1 aromatic heterocycles. The van der Waals surface area contributed by atoms with Crippen LogP contribution in [0.3, 0.4) is 0 Å². The van der Waals surface area contributed by atoms with E-state index in [0.717, 1.165) is 25.9 Å². The Morgan fingerprint density at radius 3 is 2.71 bits per heavy atom. The molecule has 1 saturated heterocycles. The zero-order chi connectivity index (χ0) is 16.9. The van der Waals surface area contributed by atoms with Gasteiger partial charge in [-0.15, -0.1) is 0 Å². The fourth-order valence-corrected chi connectivity index (χ4v) is 3.13. The molecule has 126 valence electrons. The minimum atomic E-state index is -1.06. The summed E-state index contributed by atoms with van der Waals surface area (Å²) in [7, 11) is 0. The first-order valence-corrected chi connectivity index (χ1v) is 8.21. The number of aromatic carboxylic acids is 1. The molecule has 6 nitrogen and oxygen atoms in total. The lowest BCUT2D eigenvalue weighted by Gasteiger charge is -2.38. The van der Waals surface area contributed by atoms with Crippen molar-refractivity contribution in [3.05, 3.63) is 54.0 Å². The van der Waals surface area contributed by atoms with Gasteiger partial charge >= 0.3 is 5.97 Å². The fourth-order valence-electron chi connectivity index (χ4n) is 3.13. The lowest BCUT2D eigenvalue weighted by Crippen LogP contribution is -2.44. The van der Waals surface area contributed by atoms with Crippen molar-refractivity contribution in [3.63, 3.8) is 0 Å². The molecule has 1 fully saturated rings. The van der Waals surface area contributed by atoms with Crippen LogP contribution in [0.2, 0.25) is 0 Å². The molecule has 0 aliphatic carbocycles. The van der Waals surface area contributed by atoms with E-state index in [1.54, 1.807) is 0 Å². The first-order valence-electron chi connectivity index (χ1n) is 8.21. The molecule has 2 heterocycles. The molecule has 3 rings (SSSR count). The maximum atomic E-state index is 10.8. The van der Waals surface area contributed by atoms with Gasteiger partial charge in [0.05, 0.1) is 12.4 Å². The Balaban J connectivity index is 1.54. The summed E-state index contributed by atoms with van der Waals surface area (Å²) >= 11 is 0. The van der Waals surface area contributed by atoms with Crippen molar-refractivity contribution in [1.82, 2.24) is 14.9 Å². The molecule has 1 aliphatic rings. The lowest BCUT2D eigenvalue weighted by atomic mass is 9.97. The number of hydrogen-bond donors (Lipinski definition) is 2. The second-order valence-electron chi connectivity index (χ2n) is 6.26. The normalized spacial score (nSPS) is 21.4. The first-order chi connectivity index (χ1) is 11.6. The van der Waals surface area contributed by atoms with Gasteiger partial charge in [0.2, 0.25) is 0 Å². The van der Waals surface area contributed by atoms with E-state index in [2.05, 4.69) is 51.4 Å². The monoisotopic (exact) mass is 326 g/mol. The van der Waals surface area contributed by atoms with Gasteiger partial charge in [-0.25, -0.2) is 14.8 Å². The van der Waals surface area contributed by atoms with Crippen molar-refractivity contribution >= 4 is 11.8 Å². The molecule has 2 unspecified atom stereocenters. The van der Waals surface area contributed by atoms with E-state index in [1.807, 2.05) is 6.07 Å². The number of likely N-dealkylation sites (tertiary alicyclic amines) is 1. The first kappa shape index (κ1) is 16.4. The zero-order valence-electron chi connectivity index (χ0n) is 13.7. The van der Waals surface area contributed by atoms with E-state index in [0.29, 0.717) is 17.9 Å². The van der Waals surface area contributed by atoms with Crippen LogP contribution in [0.25, 0.3) is 0 Å². The molecule has 1 aromatic carbocycles. The maximum Gasteiger partial charge on any atom is 0.356 e. The minimum Gasteiger partial charge on any atom is -0.476 e. The molecule has 6 heteroatoms. The van der Waals surface area contributed by atoms with Gasteiger partial charge in [0.15, 0.2) is 5.69 Å². The Bertz CT molecular complexity index is 675. The largest absolute Gasteiger partial charge is 0.476 e. The van der Waals surface area contributed by atoms with Gasteiger partial charge < -0.3 is 10.4 Å². The molecule has 0 amide bonds. The number of aromatic nitrogens is 2. The van der Waals surface area contributed by atoms with E-state index in [1.165, 1.54) is 18.0 Å². The highest BCUT2D eigenvalue weighted by Crippen LogP contribution is 2.22. The highest BCUT2D eigenvalue weighted by molar-refractivity contribution is 5.84. The van der Waals surface area contributed by atoms with E-state index >= 15 is 0 Å². The number of carboxylic acids is 1. The van der Waals surface area contributed by atoms with Crippen molar-refractivity contribution in [2.75, 3.05) is 11.9 Å². The minimum absolute atomic E-state index is 0.0356. The summed E-state index contributed by atoms with van der Waals surface area (Å²) in [5.74, 6) is -0.425. The van der Waals surface area contributed by atoms with Crippen LogP contribution in [0.1, 0.15) is 35.8 Å². The molecule has 1 aliphatic heterocycles. The fraction of sp³-hybridized carbons (Fsp3) is 0.389. The summed E-state index contributed by atoms with van der Waals surface area (Å²) in [6.07, 6.45) is 4.83. The average molecular weight is 326 g/mol. The second kappa shape index (κ2) is 7.40. The van der Waals surface area contributed by atoms with E-state index in [4.69, 9.17) is 5.11 Å². The maximum absolute atomic E-state index is 10.8. The number of rotatable bonds is 5. The van der Waals surface area contributed by atoms with Crippen LogP contribution >= 0.6 is 0 Å². The van der Waals surface area contributed by atoms with Crippen LogP contribution < -0.4 is 5.32 Å². The van der Waals surface area contributed by atoms with Crippen LogP contribution in [0, 0.1) is 0 Å². The molecule has 2 aromatic rings. The third-order valence-corrected chi connectivity index (χ3v) is 4.47. The Kier molecular flexibility index (Phi) is 5.05. The Morgan fingerprint density at radius 1 is 1.29 bits per heavy atom. The van der Waals surface area contributed by atoms with E-state index in [9.17, 15) is 4.79 Å². The number of nitrogens with zero attached hydrogens (tertiary/aromatic N) is 3. The van der Waals surface area contributed by atoms with E-state index in [-0.39, 0.29) is 5.69 Å². The van der Waals surface area contributed by atoms with Crippen molar-refractivity contribution < 1.29 is 9.90 Å². The molecule has 0 bridgehead atoms. The number of benzene rings is 1. The summed E-state index contributed by atoms with van der Waals surface area (Å²) in [6.45, 7) is 4.24. The van der Waals surface area contributed by atoms with Gasteiger partial charge in [-0.1, -0.05) is 30.3 Å². The van der Waals surface area contributed by atoms with Crippen molar-refractivity contribution in [1.29, 1.82) is 0 Å². The summed E-state index contributed by atoms with van der Waals surface area (Å²) in [5.41, 5.74) is 1.30. The lowest BCUT2D eigenvalue weighted by molar-refractivity contribution is 0.0690. The quantitative estimate of drug-likeness (QED) is 0.879. The summed E-state index contributed by atoms with van der Waals surface area (Å²) in [6, 6.07) is 11.3. The van der Waals surface area contributed by atoms with Gasteiger partial charge in [-0.05, 0) is 25.3 Å². The van der Waals surface area contributed by atoms with E-state index < -0.39 is 5.97 Å². The molecule has 24 heavy (non-hydrogen) atoms. The summed E-state index contributed by atoms with van der Waals surface area (Å²) < 4.78 is 0. The van der Waals surface area contributed by atoms with Gasteiger partial charge in [0.25, 0.3) is 0 Å². The topological polar surface area (TPSA) is 78.3 Å². The van der Waals surface area contributed by atoms with Crippen molar-refractivity contribution in [3.8, 4) is 0 Å². The van der Waals surface area contributed by atoms with Crippen LogP contribution in [-0.4, -0.2) is 44.6 Å². The average Bonchev–Trinajstić information content (AvgIpc) is 2.59. The number of carboxylic acid groups (broad SMARTS) is 1. The van der Waals surface area contributed by atoms with Gasteiger partial charge in [-0.2, -0.15) is 0 Å². The number of anilines is 1. The molecule has 0 radical (unpaired) electrons. The Hall–Kier alpha value is -2.47. The highest BCUT2D eigenvalue weighted by Gasteiger charge is 2.25. The smallest absolute Gasteiger partial charge is 0.356 e. The van der Waals surface area contributed by atoms with Crippen molar-refractivity contribution in [2.45, 2.75) is 38.4 Å². The highest BCUT2D eigenvalue weighted by atomic mass is 16.4. The predicted molar refractivity (Wildman–Crippen MR) is 92.0 cm³/mol. The molecule has 0 saturated carbocycles. The van der Waals surface area contributed by atoms with Gasteiger partial charge in [0.1, 0.15) is 5.82 Å². The third kappa shape index (κ3) is 4.08. The Labute approximate surface area is 141 Å². The zero-order valence-corrected chi connectivity index (χ0v) is 13.7. The Morgan fingerprint density at radius 2 is 2.08 bits per heavy atom. The van der Waals surface area contributed by atoms with Crippen LogP contribution in [0.4, 0.5) is 5.82 Å². The molecule has 2 N–H and O–H groups in total. The predicted octanol–water partition coefficient (Wildman–Crippen LogP) is 2.64. The molecule has 0 spiro atoms. The summed E-state index contributed by atoms with van der Waals surface area (Å²) in [4.78, 5) is 21.3. The van der Waals surface area contributed by atoms with Crippen LogP contribution in [0.5, 0.6) is 0 Å². The molecular weight excluding hydrogens is 304 g/mol. The summed E-state index contributed by atoms with van der Waals surface area (Å²) in [5, 5.41) is 12.2. The SMILES string of the molecule is CC1CC(Nc2cnc(C(=O)O)cn2)CCN1Cc1ccccc1. The third-order valence-electron chi connectivity index (χ3n) is 4.47. The number of piperidine rings is 1. The number of nitrogens with one attached hydrogen (secondary N) is 1. The van der Waals surface area contributed by atoms with Gasteiger partial charge in [-0.3, -0.25) is 4.90 Å². The number of hydrogen-bond acceptors (Lipinski definition) is 5. The van der Waals surface area contributed by atoms with Gasteiger partial charge in [0, 0.05) is 25.2 Å². The van der Waals surface area contributed by atoms with Crippen LogP contribution in [-0.2, 0) is 6.54 Å². The van der Waals surface area contributed by atoms with Crippen LogP contribution in [0.15, 0.2) is 42.7 Å². The number of carbonyl (C=O) groups is 1. The second-order valence-corrected chi connectivity index (χ2v) is 6.26.